The molecule has 0 bridgehead atoms. The maximum absolute atomic E-state index is 12.7. The number of carbonyl (C=O) groups is 1. The molecule has 0 saturated heterocycles. The zero-order valence-corrected chi connectivity index (χ0v) is 18.2. The van der Waals surface area contributed by atoms with Crippen LogP contribution in [0.2, 0.25) is 0 Å². The Morgan fingerprint density at radius 1 is 1.16 bits per heavy atom. The van der Waals surface area contributed by atoms with E-state index < -0.39 is 0 Å². The van der Waals surface area contributed by atoms with Crippen molar-refractivity contribution in [3.8, 4) is 17.3 Å². The third-order valence-electron chi connectivity index (χ3n) is 5.37. The van der Waals surface area contributed by atoms with Crippen molar-refractivity contribution in [1.29, 1.82) is 0 Å². The molecular formula is C24H26N4O3. The molecule has 2 heterocycles. The van der Waals surface area contributed by atoms with E-state index in [1.165, 1.54) is 5.56 Å². The van der Waals surface area contributed by atoms with Gasteiger partial charge in [-0.1, -0.05) is 31.1 Å². The lowest BCUT2D eigenvalue weighted by atomic mass is 10.0. The number of H-pyrrole nitrogens is 1. The fraction of sp³-hybridized carbons (Fsp3) is 0.292. The molecule has 0 aliphatic carbocycles. The van der Waals surface area contributed by atoms with Gasteiger partial charge >= 0.3 is 0 Å². The number of hydrogen-bond acceptors (Lipinski definition) is 5. The van der Waals surface area contributed by atoms with Gasteiger partial charge in [-0.15, -0.1) is 0 Å². The maximum Gasteiger partial charge on any atom is 0.274 e. The number of methoxy groups -OCH3 is 1. The molecule has 0 atom stereocenters. The Morgan fingerprint density at radius 2 is 1.94 bits per heavy atom. The predicted octanol–water partition coefficient (Wildman–Crippen LogP) is 4.66. The van der Waals surface area contributed by atoms with Gasteiger partial charge in [-0.05, 0) is 41.8 Å². The highest BCUT2D eigenvalue weighted by molar-refractivity contribution is 5.94. The Bertz CT molecular complexity index is 1190. The van der Waals surface area contributed by atoms with Crippen LogP contribution in [0.15, 0.2) is 53.1 Å². The lowest BCUT2D eigenvalue weighted by Gasteiger charge is -2.16. The molecule has 7 heteroatoms. The summed E-state index contributed by atoms with van der Waals surface area (Å²) in [5.74, 6) is 2.17. The monoisotopic (exact) mass is 418 g/mol. The maximum atomic E-state index is 12.7. The second-order valence-corrected chi connectivity index (χ2v) is 7.91. The summed E-state index contributed by atoms with van der Waals surface area (Å²) in [6.07, 6.45) is 0.504. The van der Waals surface area contributed by atoms with Crippen molar-refractivity contribution < 1.29 is 14.1 Å². The summed E-state index contributed by atoms with van der Waals surface area (Å²) < 4.78 is 10.7. The SMILES string of the molecule is COc1ccc2cc(-c3nc(CCN(C)C(=O)c4ccc(C(C)C)cc4)no3)[nH]c2c1. The Hall–Kier alpha value is -3.61. The minimum atomic E-state index is -0.0245. The summed E-state index contributed by atoms with van der Waals surface area (Å²) in [5, 5.41) is 5.09. The zero-order chi connectivity index (χ0) is 22.0. The first-order valence-corrected chi connectivity index (χ1v) is 10.3. The molecular weight excluding hydrogens is 392 g/mol. The summed E-state index contributed by atoms with van der Waals surface area (Å²) >= 11 is 0. The van der Waals surface area contributed by atoms with E-state index in [9.17, 15) is 4.79 Å². The Labute approximate surface area is 181 Å². The van der Waals surface area contributed by atoms with E-state index in [2.05, 4.69) is 29.0 Å². The van der Waals surface area contributed by atoms with Crippen LogP contribution in [0, 0.1) is 0 Å². The van der Waals surface area contributed by atoms with E-state index in [1.807, 2.05) is 48.5 Å². The quantitative estimate of drug-likeness (QED) is 0.472. The molecule has 4 aromatic rings. The highest BCUT2D eigenvalue weighted by Crippen LogP contribution is 2.26. The highest BCUT2D eigenvalue weighted by Gasteiger charge is 2.15. The van der Waals surface area contributed by atoms with Gasteiger partial charge in [0.05, 0.1) is 7.11 Å². The van der Waals surface area contributed by atoms with Gasteiger partial charge < -0.3 is 19.1 Å². The van der Waals surface area contributed by atoms with E-state index in [-0.39, 0.29) is 5.91 Å². The van der Waals surface area contributed by atoms with Crippen LogP contribution in [0.3, 0.4) is 0 Å². The first-order chi connectivity index (χ1) is 14.9. The smallest absolute Gasteiger partial charge is 0.274 e. The number of likely N-dealkylation sites (N-methyl/N-ethyl adjacent to an activating group) is 1. The second-order valence-electron chi connectivity index (χ2n) is 7.91. The summed E-state index contributed by atoms with van der Waals surface area (Å²) in [7, 11) is 3.42. The van der Waals surface area contributed by atoms with Crippen molar-refractivity contribution in [1.82, 2.24) is 20.0 Å². The fourth-order valence-corrected chi connectivity index (χ4v) is 3.41. The third-order valence-corrected chi connectivity index (χ3v) is 5.37. The average molecular weight is 418 g/mol. The average Bonchev–Trinajstić information content (AvgIpc) is 3.43. The molecule has 0 radical (unpaired) electrons. The standard InChI is InChI=1S/C24H26N4O3/c1-15(2)16-5-7-17(8-6-16)24(29)28(3)12-11-22-26-23(31-27-22)21-13-18-9-10-19(30-4)14-20(18)25-21/h5-10,13-15,25H,11-12H2,1-4H3. The molecule has 0 aliphatic rings. The van der Waals surface area contributed by atoms with Crippen molar-refractivity contribution in [2.75, 3.05) is 20.7 Å². The number of nitrogens with zero attached hydrogens (tertiary/aromatic N) is 3. The largest absolute Gasteiger partial charge is 0.497 e. The summed E-state index contributed by atoms with van der Waals surface area (Å²) in [5.41, 5.74) is 3.57. The van der Waals surface area contributed by atoms with E-state index in [1.54, 1.807) is 19.1 Å². The molecule has 2 aromatic heterocycles. The number of benzene rings is 2. The number of aromatic nitrogens is 3. The van der Waals surface area contributed by atoms with Crippen molar-refractivity contribution in [3.63, 3.8) is 0 Å². The van der Waals surface area contributed by atoms with Gasteiger partial charge in [0.25, 0.3) is 11.8 Å². The number of rotatable bonds is 7. The lowest BCUT2D eigenvalue weighted by molar-refractivity contribution is 0.0795. The molecule has 31 heavy (non-hydrogen) atoms. The molecule has 0 fully saturated rings. The normalized spacial score (nSPS) is 11.3. The van der Waals surface area contributed by atoms with Crippen LogP contribution in [-0.4, -0.2) is 46.6 Å². The number of fused-ring (bicyclic) bond motifs is 1. The zero-order valence-electron chi connectivity index (χ0n) is 18.2. The van der Waals surface area contributed by atoms with Crippen LogP contribution < -0.4 is 4.74 Å². The first kappa shape index (κ1) is 20.7. The van der Waals surface area contributed by atoms with Crippen LogP contribution in [0.4, 0.5) is 0 Å². The topological polar surface area (TPSA) is 84.2 Å². The first-order valence-electron chi connectivity index (χ1n) is 10.3. The molecule has 2 aromatic carbocycles. The minimum absolute atomic E-state index is 0.0245. The summed E-state index contributed by atoms with van der Waals surface area (Å²) in [4.78, 5) is 22.1. The Morgan fingerprint density at radius 3 is 2.65 bits per heavy atom. The third kappa shape index (κ3) is 4.45. The molecule has 1 amide bonds. The summed E-state index contributed by atoms with van der Waals surface area (Å²) in [6.45, 7) is 4.76. The number of aromatic amines is 1. The second kappa shape index (κ2) is 8.63. The molecule has 0 spiro atoms. The van der Waals surface area contributed by atoms with Crippen LogP contribution in [0.1, 0.15) is 41.5 Å². The number of amides is 1. The van der Waals surface area contributed by atoms with Gasteiger partial charge in [-0.3, -0.25) is 4.79 Å². The molecule has 4 rings (SSSR count). The Balaban J connectivity index is 1.40. The van der Waals surface area contributed by atoms with Crippen LogP contribution in [0.25, 0.3) is 22.5 Å². The van der Waals surface area contributed by atoms with Gasteiger partial charge in [0.1, 0.15) is 11.4 Å². The molecule has 1 N–H and O–H groups in total. The number of carbonyl (C=O) groups excluding carboxylic acids is 1. The number of hydrogen-bond donors (Lipinski definition) is 1. The van der Waals surface area contributed by atoms with E-state index in [0.717, 1.165) is 22.3 Å². The van der Waals surface area contributed by atoms with Crippen molar-refractivity contribution in [2.45, 2.75) is 26.2 Å². The fourth-order valence-electron chi connectivity index (χ4n) is 3.41. The van der Waals surface area contributed by atoms with E-state index in [4.69, 9.17) is 9.26 Å². The molecule has 160 valence electrons. The molecule has 0 unspecified atom stereocenters. The molecule has 0 saturated carbocycles. The van der Waals surface area contributed by atoms with Crippen molar-refractivity contribution in [3.05, 3.63) is 65.5 Å². The van der Waals surface area contributed by atoms with Crippen molar-refractivity contribution >= 4 is 16.8 Å². The number of nitrogens with one attached hydrogen (secondary N) is 1. The van der Waals surface area contributed by atoms with Gasteiger partial charge in [-0.2, -0.15) is 4.98 Å². The van der Waals surface area contributed by atoms with Crippen LogP contribution in [0.5, 0.6) is 5.75 Å². The number of ether oxygens (including phenoxy) is 1. The van der Waals surface area contributed by atoms with Gasteiger partial charge in [-0.25, -0.2) is 0 Å². The van der Waals surface area contributed by atoms with E-state index >= 15 is 0 Å². The van der Waals surface area contributed by atoms with Gasteiger partial charge in [0, 0.05) is 42.5 Å². The molecule has 0 aliphatic heterocycles. The van der Waals surface area contributed by atoms with Crippen molar-refractivity contribution in [2.24, 2.45) is 0 Å². The minimum Gasteiger partial charge on any atom is -0.497 e. The van der Waals surface area contributed by atoms with E-state index in [0.29, 0.717) is 36.2 Å². The van der Waals surface area contributed by atoms with Crippen LogP contribution in [-0.2, 0) is 6.42 Å². The van der Waals surface area contributed by atoms with Gasteiger partial charge in [0.2, 0.25) is 0 Å². The predicted molar refractivity (Wildman–Crippen MR) is 119 cm³/mol. The molecule has 7 nitrogen and oxygen atoms in total. The lowest BCUT2D eigenvalue weighted by Crippen LogP contribution is -2.29. The van der Waals surface area contributed by atoms with Gasteiger partial charge in [0.15, 0.2) is 5.82 Å². The Kier molecular flexibility index (Phi) is 5.75. The van der Waals surface area contributed by atoms with Crippen LogP contribution >= 0.6 is 0 Å². The highest BCUT2D eigenvalue weighted by atomic mass is 16.5. The summed E-state index contributed by atoms with van der Waals surface area (Å²) in [6, 6.07) is 15.5.